The van der Waals surface area contributed by atoms with Gasteiger partial charge >= 0.3 is 0 Å². The summed E-state index contributed by atoms with van der Waals surface area (Å²) in [6, 6.07) is 0. The normalized spacial score (nSPS) is 16.0. The molecule has 0 spiro atoms. The fourth-order valence-corrected chi connectivity index (χ4v) is 1.27. The topological polar surface area (TPSA) is 29.5 Å². The second kappa shape index (κ2) is 9.22. The molecule has 0 fully saturated rings. The summed E-state index contributed by atoms with van der Waals surface area (Å²) in [7, 11) is 1.74. The average molecular weight is 200 g/mol. The summed E-state index contributed by atoms with van der Waals surface area (Å²) in [6.45, 7) is 4.70. The highest BCUT2D eigenvalue weighted by Crippen LogP contribution is 2.13. The van der Waals surface area contributed by atoms with E-state index in [4.69, 9.17) is 9.84 Å². The molecule has 2 nitrogen and oxygen atoms in total. The van der Waals surface area contributed by atoms with E-state index in [9.17, 15) is 0 Å². The van der Waals surface area contributed by atoms with Crippen LogP contribution in [-0.4, -0.2) is 24.9 Å². The van der Waals surface area contributed by atoms with Gasteiger partial charge in [0.25, 0.3) is 0 Å². The van der Waals surface area contributed by atoms with Crippen LogP contribution in [0.1, 0.15) is 39.5 Å². The molecule has 0 amide bonds. The maximum Gasteiger partial charge on any atom is 0.0752 e. The smallest absolute Gasteiger partial charge is 0.0752 e. The molecular weight excluding hydrogens is 176 g/mol. The summed E-state index contributed by atoms with van der Waals surface area (Å²) >= 11 is 0. The third-order valence-electron chi connectivity index (χ3n) is 2.59. The van der Waals surface area contributed by atoms with Crippen molar-refractivity contribution in [2.75, 3.05) is 13.7 Å². The number of hydrogen-bond donors (Lipinski definition) is 1. The van der Waals surface area contributed by atoms with Crippen LogP contribution in [0.3, 0.4) is 0 Å². The first-order valence-corrected chi connectivity index (χ1v) is 5.54. The first-order chi connectivity index (χ1) is 6.74. The minimum Gasteiger partial charge on any atom is -0.396 e. The van der Waals surface area contributed by atoms with Crippen molar-refractivity contribution in [1.82, 2.24) is 0 Å². The Labute approximate surface area is 88.0 Å². The van der Waals surface area contributed by atoms with Crippen LogP contribution in [0.2, 0.25) is 0 Å². The van der Waals surface area contributed by atoms with Crippen LogP contribution in [0.25, 0.3) is 0 Å². The minimum atomic E-state index is 0.218. The molecule has 0 radical (unpaired) electrons. The fraction of sp³-hybridized carbons (Fsp3) is 0.833. The van der Waals surface area contributed by atoms with Crippen molar-refractivity contribution < 1.29 is 9.84 Å². The van der Waals surface area contributed by atoms with E-state index in [1.807, 2.05) is 6.08 Å². The minimum absolute atomic E-state index is 0.218. The van der Waals surface area contributed by atoms with E-state index in [1.54, 1.807) is 7.11 Å². The van der Waals surface area contributed by atoms with Gasteiger partial charge in [-0.25, -0.2) is 0 Å². The van der Waals surface area contributed by atoms with Gasteiger partial charge in [0.05, 0.1) is 6.10 Å². The largest absolute Gasteiger partial charge is 0.396 e. The van der Waals surface area contributed by atoms with Crippen molar-refractivity contribution in [3.05, 3.63) is 12.2 Å². The first-order valence-electron chi connectivity index (χ1n) is 5.54. The molecule has 0 aliphatic rings. The molecule has 2 atom stereocenters. The van der Waals surface area contributed by atoms with Gasteiger partial charge in [-0.05, 0) is 25.2 Å². The molecule has 0 rings (SSSR count). The molecule has 0 saturated carbocycles. The third kappa shape index (κ3) is 7.10. The van der Waals surface area contributed by atoms with Crippen LogP contribution in [0.5, 0.6) is 0 Å². The second-order valence-corrected chi connectivity index (χ2v) is 3.81. The van der Waals surface area contributed by atoms with Crippen LogP contribution in [0.15, 0.2) is 12.2 Å². The fourth-order valence-electron chi connectivity index (χ4n) is 1.27. The Balaban J connectivity index is 3.67. The molecule has 0 saturated heterocycles. The van der Waals surface area contributed by atoms with Gasteiger partial charge < -0.3 is 9.84 Å². The molecule has 84 valence electrons. The molecule has 0 aromatic carbocycles. The van der Waals surface area contributed by atoms with Crippen molar-refractivity contribution in [1.29, 1.82) is 0 Å². The predicted octanol–water partition coefficient (Wildman–Crippen LogP) is 2.77. The van der Waals surface area contributed by atoms with Gasteiger partial charge in [-0.3, -0.25) is 0 Å². The Morgan fingerprint density at radius 3 is 2.57 bits per heavy atom. The van der Waals surface area contributed by atoms with E-state index < -0.39 is 0 Å². The molecule has 0 bridgehead atoms. The van der Waals surface area contributed by atoms with E-state index in [-0.39, 0.29) is 12.7 Å². The highest BCUT2D eigenvalue weighted by molar-refractivity contribution is 4.89. The summed E-state index contributed by atoms with van der Waals surface area (Å²) in [5, 5.41) is 8.62. The lowest BCUT2D eigenvalue weighted by Crippen LogP contribution is -2.08. The average Bonchev–Trinajstić information content (AvgIpc) is 2.22. The third-order valence-corrected chi connectivity index (χ3v) is 2.59. The lowest BCUT2D eigenvalue weighted by Gasteiger charge is -2.13. The van der Waals surface area contributed by atoms with Crippen molar-refractivity contribution >= 4 is 0 Å². The van der Waals surface area contributed by atoms with Crippen molar-refractivity contribution in [2.24, 2.45) is 5.92 Å². The zero-order valence-electron chi connectivity index (χ0n) is 9.70. The highest BCUT2D eigenvalue weighted by Gasteiger charge is 2.05. The quantitative estimate of drug-likeness (QED) is 0.610. The van der Waals surface area contributed by atoms with Crippen molar-refractivity contribution in [2.45, 2.75) is 45.6 Å². The zero-order chi connectivity index (χ0) is 10.8. The molecule has 0 aromatic heterocycles. The molecule has 2 heteroatoms. The molecule has 0 heterocycles. The van der Waals surface area contributed by atoms with Crippen LogP contribution in [0, 0.1) is 5.92 Å². The SMILES string of the molecule is CCC(C)CCC(/C=C/CCO)OC. The number of aliphatic hydroxyl groups is 1. The van der Waals surface area contributed by atoms with Crippen LogP contribution >= 0.6 is 0 Å². The molecule has 1 N–H and O–H groups in total. The summed E-state index contributed by atoms with van der Waals surface area (Å²) in [5.41, 5.74) is 0. The summed E-state index contributed by atoms with van der Waals surface area (Å²) < 4.78 is 5.32. The lowest BCUT2D eigenvalue weighted by molar-refractivity contribution is 0.127. The molecule has 14 heavy (non-hydrogen) atoms. The van der Waals surface area contributed by atoms with E-state index in [1.165, 1.54) is 12.8 Å². The zero-order valence-corrected chi connectivity index (χ0v) is 9.70. The van der Waals surface area contributed by atoms with Crippen LogP contribution in [0.4, 0.5) is 0 Å². The predicted molar refractivity (Wildman–Crippen MR) is 60.3 cm³/mol. The second-order valence-electron chi connectivity index (χ2n) is 3.81. The van der Waals surface area contributed by atoms with Gasteiger partial charge in [-0.1, -0.05) is 32.4 Å². The number of aliphatic hydroxyl groups excluding tert-OH is 1. The first kappa shape index (κ1) is 13.7. The standard InChI is InChI=1S/C12H24O2/c1-4-11(2)8-9-12(14-3)7-5-6-10-13/h5,7,11-13H,4,6,8-10H2,1-3H3/b7-5+. The van der Waals surface area contributed by atoms with Gasteiger partial charge in [0.15, 0.2) is 0 Å². The molecule has 2 unspecified atom stereocenters. The summed E-state index contributed by atoms with van der Waals surface area (Å²) in [6.07, 6.45) is 8.51. The van der Waals surface area contributed by atoms with Gasteiger partial charge in [-0.15, -0.1) is 0 Å². The number of hydrogen-bond acceptors (Lipinski definition) is 2. The van der Waals surface area contributed by atoms with E-state index in [0.717, 1.165) is 18.8 Å². The van der Waals surface area contributed by atoms with E-state index in [0.29, 0.717) is 0 Å². The monoisotopic (exact) mass is 200 g/mol. The maximum absolute atomic E-state index is 8.62. The summed E-state index contributed by atoms with van der Waals surface area (Å²) in [4.78, 5) is 0. The van der Waals surface area contributed by atoms with E-state index in [2.05, 4.69) is 19.9 Å². The van der Waals surface area contributed by atoms with Gasteiger partial charge in [0.1, 0.15) is 0 Å². The Bertz CT molecular complexity index is 143. The van der Waals surface area contributed by atoms with Crippen molar-refractivity contribution in [3.8, 4) is 0 Å². The Hall–Kier alpha value is -0.340. The molecular formula is C12H24O2. The number of ether oxygens (including phenoxy) is 1. The number of methoxy groups -OCH3 is 1. The van der Waals surface area contributed by atoms with Gasteiger partial charge in [-0.2, -0.15) is 0 Å². The van der Waals surface area contributed by atoms with Gasteiger partial charge in [0, 0.05) is 13.7 Å². The molecule has 0 aliphatic heterocycles. The maximum atomic E-state index is 8.62. The lowest BCUT2D eigenvalue weighted by atomic mass is 10.0. The van der Waals surface area contributed by atoms with Crippen LogP contribution < -0.4 is 0 Å². The Kier molecular flexibility index (Phi) is 9.00. The summed E-state index contributed by atoms with van der Waals surface area (Å²) in [5.74, 6) is 0.777. The number of rotatable bonds is 8. The van der Waals surface area contributed by atoms with Crippen LogP contribution in [-0.2, 0) is 4.74 Å². The molecule has 0 aliphatic carbocycles. The van der Waals surface area contributed by atoms with E-state index >= 15 is 0 Å². The molecule has 0 aromatic rings. The highest BCUT2D eigenvalue weighted by atomic mass is 16.5. The van der Waals surface area contributed by atoms with Gasteiger partial charge in [0.2, 0.25) is 0 Å². The Morgan fingerprint density at radius 1 is 1.36 bits per heavy atom. The Morgan fingerprint density at radius 2 is 2.07 bits per heavy atom. The van der Waals surface area contributed by atoms with Crippen molar-refractivity contribution in [3.63, 3.8) is 0 Å².